The Morgan fingerprint density at radius 2 is 1.60 bits per heavy atom. The highest BCUT2D eigenvalue weighted by molar-refractivity contribution is 6.38. The number of carbonyl (C=O) groups is 4. The van der Waals surface area contributed by atoms with Gasteiger partial charge in [0.2, 0.25) is 11.7 Å². The van der Waals surface area contributed by atoms with Crippen LogP contribution in [0.3, 0.4) is 0 Å². The summed E-state index contributed by atoms with van der Waals surface area (Å²) >= 11 is 0. The summed E-state index contributed by atoms with van der Waals surface area (Å²) in [6, 6.07) is 16.2. The number of rotatable bonds is 8. The van der Waals surface area contributed by atoms with Crippen LogP contribution >= 0.6 is 0 Å². The monoisotopic (exact) mass is 408 g/mol. The van der Waals surface area contributed by atoms with Crippen molar-refractivity contribution in [3.8, 4) is 0 Å². The number of hydrogen-bond donors (Lipinski definition) is 2. The van der Waals surface area contributed by atoms with E-state index in [0.717, 1.165) is 11.1 Å². The molecule has 0 aliphatic carbocycles. The molecule has 1 saturated heterocycles. The van der Waals surface area contributed by atoms with E-state index >= 15 is 0 Å². The highest BCUT2D eigenvalue weighted by Gasteiger charge is 2.41. The van der Waals surface area contributed by atoms with Crippen molar-refractivity contribution in [3.63, 3.8) is 0 Å². The number of benzene rings is 2. The molecule has 2 unspecified atom stereocenters. The Morgan fingerprint density at radius 1 is 1.03 bits per heavy atom. The fourth-order valence-electron chi connectivity index (χ4n) is 3.47. The van der Waals surface area contributed by atoms with E-state index in [1.54, 1.807) is 31.3 Å². The van der Waals surface area contributed by atoms with Gasteiger partial charge in [-0.15, -0.1) is 0 Å². The Kier molecular flexibility index (Phi) is 6.46. The quantitative estimate of drug-likeness (QED) is 0.626. The van der Waals surface area contributed by atoms with Gasteiger partial charge in [-0.2, -0.15) is 0 Å². The van der Waals surface area contributed by atoms with Gasteiger partial charge < -0.3 is 20.9 Å². The SMILES string of the molecule is CN1CC(C(=O)NC(Cc2ccccc2)C(=O)C(N)=O)N(Cc2ccccc2)C1=O. The standard InChI is InChI=1S/C22H24N4O4/c1-25-14-18(26(22(25)30)13-16-10-6-3-7-11-16)21(29)24-17(19(27)20(23)28)12-15-8-4-2-5-9-15/h2-11,17-18H,12-14H2,1H3,(H2,23,28)(H,24,29). The molecule has 1 heterocycles. The van der Waals surface area contributed by atoms with Crippen LogP contribution in [0.25, 0.3) is 0 Å². The fourth-order valence-corrected chi connectivity index (χ4v) is 3.47. The van der Waals surface area contributed by atoms with Crippen LogP contribution in [0, 0.1) is 0 Å². The lowest BCUT2D eigenvalue weighted by Crippen LogP contribution is -2.53. The topological polar surface area (TPSA) is 113 Å². The molecule has 0 saturated carbocycles. The minimum atomic E-state index is -1.11. The van der Waals surface area contributed by atoms with E-state index in [-0.39, 0.29) is 25.5 Å². The molecule has 8 nitrogen and oxygen atoms in total. The van der Waals surface area contributed by atoms with Gasteiger partial charge in [-0.25, -0.2) is 4.79 Å². The molecule has 3 N–H and O–H groups in total. The molecule has 4 amide bonds. The third-order valence-electron chi connectivity index (χ3n) is 5.05. The molecule has 3 rings (SSSR count). The lowest BCUT2D eigenvalue weighted by molar-refractivity contribution is -0.138. The molecule has 2 atom stereocenters. The maximum Gasteiger partial charge on any atom is 0.320 e. The van der Waals surface area contributed by atoms with E-state index in [1.165, 1.54) is 9.80 Å². The van der Waals surface area contributed by atoms with Crippen molar-refractivity contribution in [2.24, 2.45) is 5.73 Å². The van der Waals surface area contributed by atoms with Crippen LogP contribution in [0.15, 0.2) is 60.7 Å². The smallest absolute Gasteiger partial charge is 0.320 e. The molecule has 1 fully saturated rings. The Morgan fingerprint density at radius 3 is 2.17 bits per heavy atom. The fraction of sp³-hybridized carbons (Fsp3) is 0.273. The second-order valence-electron chi connectivity index (χ2n) is 7.27. The average Bonchev–Trinajstić information content (AvgIpc) is 3.02. The van der Waals surface area contributed by atoms with Crippen molar-refractivity contribution in [3.05, 3.63) is 71.8 Å². The highest BCUT2D eigenvalue weighted by Crippen LogP contribution is 2.19. The van der Waals surface area contributed by atoms with Gasteiger partial charge in [0.1, 0.15) is 12.1 Å². The summed E-state index contributed by atoms with van der Waals surface area (Å²) in [5, 5.41) is 2.64. The normalized spacial score (nSPS) is 17.0. The number of hydrogen-bond acceptors (Lipinski definition) is 4. The molecular weight excluding hydrogens is 384 g/mol. The van der Waals surface area contributed by atoms with Crippen LogP contribution in [-0.4, -0.2) is 59.1 Å². The minimum Gasteiger partial charge on any atom is -0.363 e. The molecule has 1 aliphatic rings. The predicted molar refractivity (Wildman–Crippen MR) is 110 cm³/mol. The van der Waals surface area contributed by atoms with Crippen LogP contribution in [0.5, 0.6) is 0 Å². The summed E-state index contributed by atoms with van der Waals surface area (Å²) in [7, 11) is 1.61. The van der Waals surface area contributed by atoms with Crippen LogP contribution < -0.4 is 11.1 Å². The molecule has 0 bridgehead atoms. The first-order chi connectivity index (χ1) is 14.4. The average molecular weight is 408 g/mol. The lowest BCUT2D eigenvalue weighted by atomic mass is 10.0. The zero-order valence-electron chi connectivity index (χ0n) is 16.7. The second-order valence-corrected chi connectivity index (χ2v) is 7.27. The highest BCUT2D eigenvalue weighted by atomic mass is 16.2. The third kappa shape index (κ3) is 4.83. The Bertz CT molecular complexity index is 933. The van der Waals surface area contributed by atoms with Gasteiger partial charge in [-0.1, -0.05) is 60.7 Å². The van der Waals surface area contributed by atoms with Crippen molar-refractivity contribution >= 4 is 23.6 Å². The molecule has 0 radical (unpaired) electrons. The van der Waals surface area contributed by atoms with Crippen molar-refractivity contribution < 1.29 is 19.2 Å². The molecule has 0 aromatic heterocycles. The molecule has 1 aliphatic heterocycles. The van der Waals surface area contributed by atoms with Crippen LogP contribution in [-0.2, 0) is 27.3 Å². The maximum absolute atomic E-state index is 13.0. The zero-order valence-corrected chi connectivity index (χ0v) is 16.7. The van der Waals surface area contributed by atoms with Crippen molar-refractivity contribution in [2.75, 3.05) is 13.6 Å². The van der Waals surface area contributed by atoms with E-state index < -0.39 is 29.7 Å². The first-order valence-corrected chi connectivity index (χ1v) is 9.60. The second kappa shape index (κ2) is 9.21. The summed E-state index contributed by atoms with van der Waals surface area (Å²) in [5.74, 6) is -2.49. The lowest BCUT2D eigenvalue weighted by Gasteiger charge is -2.25. The van der Waals surface area contributed by atoms with Crippen LogP contribution in [0.4, 0.5) is 4.79 Å². The number of nitrogens with two attached hydrogens (primary N) is 1. The number of nitrogens with one attached hydrogen (secondary N) is 1. The van der Waals surface area contributed by atoms with Gasteiger partial charge in [-0.05, 0) is 11.1 Å². The van der Waals surface area contributed by atoms with E-state index in [9.17, 15) is 19.2 Å². The number of urea groups is 1. The van der Waals surface area contributed by atoms with E-state index in [0.29, 0.717) is 0 Å². The number of likely N-dealkylation sites (N-methyl/N-ethyl adjacent to an activating group) is 1. The summed E-state index contributed by atoms with van der Waals surface area (Å²) in [6.07, 6.45) is 0.129. The zero-order chi connectivity index (χ0) is 21.7. The molecule has 8 heteroatoms. The number of ketones is 1. The predicted octanol–water partition coefficient (Wildman–Crippen LogP) is 0.705. The summed E-state index contributed by atoms with van der Waals surface area (Å²) in [5.41, 5.74) is 6.84. The Hall–Kier alpha value is -3.68. The summed E-state index contributed by atoms with van der Waals surface area (Å²) < 4.78 is 0. The van der Waals surface area contributed by atoms with Crippen LogP contribution in [0.1, 0.15) is 11.1 Å². The largest absolute Gasteiger partial charge is 0.363 e. The van der Waals surface area contributed by atoms with Crippen molar-refractivity contribution in [1.29, 1.82) is 0 Å². The maximum atomic E-state index is 13.0. The van der Waals surface area contributed by atoms with E-state index in [1.807, 2.05) is 36.4 Å². The number of amides is 4. The van der Waals surface area contributed by atoms with E-state index in [2.05, 4.69) is 5.32 Å². The third-order valence-corrected chi connectivity index (χ3v) is 5.05. The van der Waals surface area contributed by atoms with Gasteiger partial charge in [0.05, 0.1) is 6.54 Å². The van der Waals surface area contributed by atoms with E-state index in [4.69, 9.17) is 5.73 Å². The minimum absolute atomic E-state index is 0.129. The van der Waals surface area contributed by atoms with Crippen molar-refractivity contribution in [1.82, 2.24) is 15.1 Å². The van der Waals surface area contributed by atoms with Gasteiger partial charge in [-0.3, -0.25) is 14.4 Å². The van der Waals surface area contributed by atoms with Crippen molar-refractivity contribution in [2.45, 2.75) is 25.0 Å². The summed E-state index contributed by atoms with van der Waals surface area (Å²) in [6.45, 7) is 0.440. The van der Waals surface area contributed by atoms with Gasteiger partial charge in [0.15, 0.2) is 0 Å². The van der Waals surface area contributed by atoms with Gasteiger partial charge >= 0.3 is 6.03 Å². The van der Waals surface area contributed by atoms with Gasteiger partial charge in [0, 0.05) is 20.0 Å². The van der Waals surface area contributed by atoms with Crippen LogP contribution in [0.2, 0.25) is 0 Å². The molecule has 2 aromatic rings. The van der Waals surface area contributed by atoms with Gasteiger partial charge in [0.25, 0.3) is 5.91 Å². The molecule has 156 valence electrons. The number of nitrogens with zero attached hydrogens (tertiary/aromatic N) is 2. The first kappa shape index (κ1) is 21.0. The number of primary amides is 1. The molecule has 30 heavy (non-hydrogen) atoms. The molecule has 0 spiro atoms. The first-order valence-electron chi connectivity index (χ1n) is 9.60. The molecular formula is C22H24N4O4. The summed E-state index contributed by atoms with van der Waals surface area (Å²) in [4.78, 5) is 52.3. The number of Topliss-reactive ketones (excluding diaryl/α,β-unsaturated/α-hetero) is 1. The molecule has 2 aromatic carbocycles. The number of carbonyl (C=O) groups excluding carboxylic acids is 4. The Balaban J connectivity index is 1.78. The Labute approximate surface area is 174 Å².